The van der Waals surface area contributed by atoms with E-state index in [2.05, 4.69) is 4.90 Å². The minimum Gasteiger partial charge on any atom is -0.481 e. The molecule has 21 heavy (non-hydrogen) atoms. The van der Waals surface area contributed by atoms with Gasteiger partial charge < -0.3 is 20.2 Å². The monoisotopic (exact) mass is 295 g/mol. The Balaban J connectivity index is 1.75. The zero-order chi connectivity index (χ0) is 15.2. The fraction of sp³-hybridized carbons (Fsp3) is 0.571. The van der Waals surface area contributed by atoms with Crippen LogP contribution in [-0.2, 0) is 16.1 Å². The van der Waals surface area contributed by atoms with Crippen molar-refractivity contribution < 1.29 is 19.1 Å². The zero-order valence-corrected chi connectivity index (χ0v) is 11.9. The van der Waals surface area contributed by atoms with Gasteiger partial charge in [-0.25, -0.2) is 0 Å². The van der Waals surface area contributed by atoms with Crippen LogP contribution in [0.15, 0.2) is 22.8 Å². The van der Waals surface area contributed by atoms with Crippen molar-refractivity contribution in [3.05, 3.63) is 24.2 Å². The topological polar surface area (TPSA) is 100 Å². The first kappa shape index (κ1) is 15.5. The molecule has 0 aromatic carbocycles. The Morgan fingerprint density at radius 1 is 1.33 bits per heavy atom. The standard InChI is InChI=1S/C14H21N3O4/c15-12(3-4-13(18)19)14(20)17-7-5-16(6-8-17)10-11-2-1-9-21-11/h1-2,9,12H,3-8,10,15H2,(H,18,19). The fourth-order valence-corrected chi connectivity index (χ4v) is 2.39. The largest absolute Gasteiger partial charge is 0.481 e. The molecule has 1 aliphatic rings. The van der Waals surface area contributed by atoms with Gasteiger partial charge in [-0.2, -0.15) is 0 Å². The first-order chi connectivity index (χ1) is 10.1. The summed E-state index contributed by atoms with van der Waals surface area (Å²) in [6.07, 6.45) is 1.75. The molecule has 1 aromatic heterocycles. The van der Waals surface area contributed by atoms with E-state index >= 15 is 0 Å². The Hall–Kier alpha value is -1.86. The Bertz CT molecular complexity index is 467. The second kappa shape index (κ2) is 7.24. The predicted octanol–water partition coefficient (Wildman–Crippen LogP) is 0.116. The van der Waals surface area contributed by atoms with Crippen molar-refractivity contribution in [1.82, 2.24) is 9.80 Å². The van der Waals surface area contributed by atoms with Gasteiger partial charge in [0.1, 0.15) is 5.76 Å². The summed E-state index contributed by atoms with van der Waals surface area (Å²) >= 11 is 0. The van der Waals surface area contributed by atoms with E-state index in [4.69, 9.17) is 15.3 Å². The smallest absolute Gasteiger partial charge is 0.303 e. The number of nitrogens with zero attached hydrogens (tertiary/aromatic N) is 2. The van der Waals surface area contributed by atoms with E-state index in [0.717, 1.165) is 25.4 Å². The average molecular weight is 295 g/mol. The maximum atomic E-state index is 12.1. The molecule has 0 aliphatic carbocycles. The maximum Gasteiger partial charge on any atom is 0.303 e. The van der Waals surface area contributed by atoms with E-state index in [1.165, 1.54) is 0 Å². The summed E-state index contributed by atoms with van der Waals surface area (Å²) < 4.78 is 5.31. The summed E-state index contributed by atoms with van der Waals surface area (Å²) in [5.74, 6) is -0.177. The first-order valence-corrected chi connectivity index (χ1v) is 7.07. The third-order valence-electron chi connectivity index (χ3n) is 3.63. The van der Waals surface area contributed by atoms with Gasteiger partial charge in [0.2, 0.25) is 5.91 Å². The lowest BCUT2D eigenvalue weighted by Gasteiger charge is -2.35. The lowest BCUT2D eigenvalue weighted by molar-refractivity contribution is -0.138. The average Bonchev–Trinajstić information content (AvgIpc) is 2.97. The van der Waals surface area contributed by atoms with Crippen LogP contribution >= 0.6 is 0 Å². The van der Waals surface area contributed by atoms with Gasteiger partial charge in [-0.3, -0.25) is 14.5 Å². The zero-order valence-electron chi connectivity index (χ0n) is 11.9. The summed E-state index contributed by atoms with van der Waals surface area (Å²) in [7, 11) is 0. The Labute approximate surface area is 123 Å². The van der Waals surface area contributed by atoms with Crippen LogP contribution in [0.1, 0.15) is 18.6 Å². The lowest BCUT2D eigenvalue weighted by Crippen LogP contribution is -2.52. The third kappa shape index (κ3) is 4.57. The van der Waals surface area contributed by atoms with Crippen LogP contribution < -0.4 is 5.73 Å². The normalized spacial score (nSPS) is 17.7. The number of amides is 1. The van der Waals surface area contributed by atoms with Gasteiger partial charge >= 0.3 is 5.97 Å². The Morgan fingerprint density at radius 2 is 2.05 bits per heavy atom. The van der Waals surface area contributed by atoms with Crippen LogP contribution in [0.25, 0.3) is 0 Å². The van der Waals surface area contributed by atoms with Crippen molar-refractivity contribution in [2.45, 2.75) is 25.4 Å². The van der Waals surface area contributed by atoms with Gasteiger partial charge in [0.25, 0.3) is 0 Å². The highest BCUT2D eigenvalue weighted by atomic mass is 16.4. The summed E-state index contributed by atoms with van der Waals surface area (Å²) in [5, 5.41) is 8.62. The minimum atomic E-state index is -0.929. The van der Waals surface area contributed by atoms with Crippen LogP contribution in [0.3, 0.4) is 0 Å². The highest BCUT2D eigenvalue weighted by molar-refractivity contribution is 5.82. The SMILES string of the molecule is NC(CCC(=O)O)C(=O)N1CCN(Cc2ccco2)CC1. The highest BCUT2D eigenvalue weighted by Gasteiger charge is 2.25. The molecule has 0 bridgehead atoms. The molecule has 0 radical (unpaired) electrons. The molecular formula is C14H21N3O4. The van der Waals surface area contributed by atoms with E-state index in [-0.39, 0.29) is 18.7 Å². The third-order valence-corrected chi connectivity index (χ3v) is 3.63. The highest BCUT2D eigenvalue weighted by Crippen LogP contribution is 2.10. The summed E-state index contributed by atoms with van der Waals surface area (Å²) in [6.45, 7) is 3.48. The minimum absolute atomic E-state index is 0.0780. The van der Waals surface area contributed by atoms with Crippen LogP contribution in [-0.4, -0.2) is 59.0 Å². The van der Waals surface area contributed by atoms with Gasteiger partial charge in [-0.15, -0.1) is 0 Å². The molecule has 1 fully saturated rings. The van der Waals surface area contributed by atoms with Crippen molar-refractivity contribution in [2.24, 2.45) is 5.73 Å². The number of rotatable bonds is 6. The molecular weight excluding hydrogens is 274 g/mol. The predicted molar refractivity (Wildman–Crippen MR) is 75.4 cm³/mol. The number of carbonyl (C=O) groups is 2. The molecule has 1 aliphatic heterocycles. The molecule has 7 nitrogen and oxygen atoms in total. The molecule has 2 rings (SSSR count). The van der Waals surface area contributed by atoms with E-state index in [9.17, 15) is 9.59 Å². The molecule has 3 N–H and O–H groups in total. The summed E-state index contributed by atoms with van der Waals surface area (Å²) in [5.41, 5.74) is 5.76. The van der Waals surface area contributed by atoms with Crippen molar-refractivity contribution in [2.75, 3.05) is 26.2 Å². The van der Waals surface area contributed by atoms with Crippen LogP contribution in [0.4, 0.5) is 0 Å². The molecule has 1 aromatic rings. The van der Waals surface area contributed by atoms with Crippen molar-refractivity contribution >= 4 is 11.9 Å². The van der Waals surface area contributed by atoms with Gasteiger partial charge in [-0.05, 0) is 18.6 Å². The molecule has 2 heterocycles. The van der Waals surface area contributed by atoms with E-state index in [0.29, 0.717) is 13.1 Å². The molecule has 1 saturated heterocycles. The number of carbonyl (C=O) groups excluding carboxylic acids is 1. The number of hydrogen-bond donors (Lipinski definition) is 2. The van der Waals surface area contributed by atoms with E-state index in [1.807, 2.05) is 12.1 Å². The number of carboxylic acid groups (broad SMARTS) is 1. The number of furan rings is 1. The Kier molecular flexibility index (Phi) is 5.35. The number of carboxylic acids is 1. The fourth-order valence-electron chi connectivity index (χ4n) is 2.39. The second-order valence-corrected chi connectivity index (χ2v) is 5.22. The molecule has 1 atom stereocenters. The van der Waals surface area contributed by atoms with Gasteiger partial charge in [0, 0.05) is 32.6 Å². The van der Waals surface area contributed by atoms with Gasteiger partial charge in [0.15, 0.2) is 0 Å². The van der Waals surface area contributed by atoms with Crippen molar-refractivity contribution in [3.8, 4) is 0 Å². The molecule has 1 amide bonds. The summed E-state index contributed by atoms with van der Waals surface area (Å²) in [4.78, 5) is 26.5. The van der Waals surface area contributed by atoms with Crippen LogP contribution in [0.5, 0.6) is 0 Å². The van der Waals surface area contributed by atoms with Gasteiger partial charge in [-0.1, -0.05) is 0 Å². The number of hydrogen-bond acceptors (Lipinski definition) is 5. The Morgan fingerprint density at radius 3 is 2.62 bits per heavy atom. The molecule has 116 valence electrons. The number of nitrogens with two attached hydrogens (primary N) is 1. The van der Waals surface area contributed by atoms with Crippen molar-refractivity contribution in [1.29, 1.82) is 0 Å². The number of piperazine rings is 1. The first-order valence-electron chi connectivity index (χ1n) is 7.07. The van der Waals surface area contributed by atoms with E-state index in [1.54, 1.807) is 11.2 Å². The van der Waals surface area contributed by atoms with Crippen LogP contribution in [0, 0.1) is 0 Å². The van der Waals surface area contributed by atoms with Crippen molar-refractivity contribution in [3.63, 3.8) is 0 Å². The second-order valence-electron chi connectivity index (χ2n) is 5.22. The molecule has 0 saturated carbocycles. The maximum absolute atomic E-state index is 12.1. The quantitative estimate of drug-likeness (QED) is 0.773. The molecule has 1 unspecified atom stereocenters. The molecule has 7 heteroatoms. The van der Waals surface area contributed by atoms with Crippen LogP contribution in [0.2, 0.25) is 0 Å². The van der Waals surface area contributed by atoms with E-state index < -0.39 is 12.0 Å². The molecule has 0 spiro atoms. The summed E-state index contributed by atoms with van der Waals surface area (Å²) in [6, 6.07) is 3.06. The van der Waals surface area contributed by atoms with Gasteiger partial charge in [0.05, 0.1) is 18.8 Å². The lowest BCUT2D eigenvalue weighted by atomic mass is 10.1. The number of aliphatic carboxylic acids is 1.